The molecule has 1 nitrogen and oxygen atoms in total. The first-order valence-corrected chi connectivity index (χ1v) is 13.7. The van der Waals surface area contributed by atoms with E-state index in [1.165, 1.54) is 108 Å². The summed E-state index contributed by atoms with van der Waals surface area (Å²) in [5, 5.41) is 0. The standard InChI is InChI=1S/C21H44OSi/c1-4-6-8-9-10-11-12-14-18-21(17-7-5-2)22-23(3)19-15-13-16-20-23/h21H,4-20H2,1-3H3. The average Bonchev–Trinajstić information content (AvgIpc) is 2.55. The number of unbranched alkanes of at least 4 members (excludes halogenated alkanes) is 8. The van der Waals surface area contributed by atoms with Crippen molar-refractivity contribution in [2.24, 2.45) is 0 Å². The van der Waals surface area contributed by atoms with Gasteiger partial charge in [0.1, 0.15) is 0 Å². The van der Waals surface area contributed by atoms with Crippen LogP contribution in [0.3, 0.4) is 0 Å². The van der Waals surface area contributed by atoms with Crippen LogP contribution >= 0.6 is 0 Å². The fourth-order valence-electron chi connectivity index (χ4n) is 4.02. The topological polar surface area (TPSA) is 9.23 Å². The van der Waals surface area contributed by atoms with Crippen LogP contribution in [0.5, 0.6) is 0 Å². The van der Waals surface area contributed by atoms with Crippen molar-refractivity contribution in [3.8, 4) is 0 Å². The molecule has 0 radical (unpaired) electrons. The predicted molar refractivity (Wildman–Crippen MR) is 107 cm³/mol. The van der Waals surface area contributed by atoms with Crippen molar-refractivity contribution >= 4 is 8.32 Å². The van der Waals surface area contributed by atoms with E-state index in [2.05, 4.69) is 20.4 Å². The highest BCUT2D eigenvalue weighted by Crippen LogP contribution is 2.32. The zero-order chi connectivity index (χ0) is 16.8. The molecule has 1 atom stereocenters. The van der Waals surface area contributed by atoms with Gasteiger partial charge in [0.2, 0.25) is 0 Å². The van der Waals surface area contributed by atoms with E-state index in [0.29, 0.717) is 6.10 Å². The Morgan fingerprint density at radius 2 is 1.22 bits per heavy atom. The minimum absolute atomic E-state index is 0.588. The largest absolute Gasteiger partial charge is 0.414 e. The van der Waals surface area contributed by atoms with Gasteiger partial charge in [0.15, 0.2) is 8.32 Å². The van der Waals surface area contributed by atoms with Gasteiger partial charge in [-0.15, -0.1) is 0 Å². The van der Waals surface area contributed by atoms with Gasteiger partial charge in [-0.1, -0.05) is 97.3 Å². The normalized spacial score (nSPS) is 18.9. The van der Waals surface area contributed by atoms with Gasteiger partial charge in [-0.3, -0.25) is 0 Å². The van der Waals surface area contributed by atoms with E-state index in [-0.39, 0.29) is 0 Å². The van der Waals surface area contributed by atoms with Crippen LogP contribution in [0.1, 0.15) is 110 Å². The van der Waals surface area contributed by atoms with Crippen LogP contribution in [-0.4, -0.2) is 14.4 Å². The van der Waals surface area contributed by atoms with Crippen LogP contribution in [0.15, 0.2) is 0 Å². The molecule has 0 aromatic heterocycles. The summed E-state index contributed by atoms with van der Waals surface area (Å²) in [5.74, 6) is 0. The van der Waals surface area contributed by atoms with Crippen molar-refractivity contribution in [2.75, 3.05) is 0 Å². The smallest absolute Gasteiger partial charge is 0.190 e. The van der Waals surface area contributed by atoms with Crippen molar-refractivity contribution in [3.63, 3.8) is 0 Å². The highest BCUT2D eigenvalue weighted by Gasteiger charge is 2.33. The van der Waals surface area contributed by atoms with Gasteiger partial charge in [0.25, 0.3) is 0 Å². The molecule has 1 fully saturated rings. The summed E-state index contributed by atoms with van der Waals surface area (Å²) in [6.07, 6.45) is 21.6. The van der Waals surface area contributed by atoms with E-state index in [1.807, 2.05) is 0 Å². The van der Waals surface area contributed by atoms with E-state index in [1.54, 1.807) is 0 Å². The Morgan fingerprint density at radius 1 is 0.696 bits per heavy atom. The fourth-order valence-corrected chi connectivity index (χ4v) is 7.54. The molecule has 1 rings (SSSR count). The second-order valence-corrected chi connectivity index (χ2v) is 12.3. The minimum Gasteiger partial charge on any atom is -0.414 e. The molecular weight excluding hydrogens is 296 g/mol. The Kier molecular flexibility index (Phi) is 12.4. The van der Waals surface area contributed by atoms with E-state index >= 15 is 0 Å². The minimum atomic E-state index is -1.34. The lowest BCUT2D eigenvalue weighted by Gasteiger charge is -2.35. The molecule has 1 aliphatic heterocycles. The molecule has 0 amide bonds. The molecule has 23 heavy (non-hydrogen) atoms. The molecule has 0 N–H and O–H groups in total. The molecule has 1 heterocycles. The SMILES string of the molecule is CCCCCCCCCCC(CCCC)O[Si]1(C)CCCCC1. The second-order valence-electron chi connectivity index (χ2n) is 8.16. The summed E-state index contributed by atoms with van der Waals surface area (Å²) >= 11 is 0. The third-order valence-corrected chi connectivity index (χ3v) is 9.35. The molecule has 0 aromatic rings. The zero-order valence-corrected chi connectivity index (χ0v) is 17.5. The Labute approximate surface area is 148 Å². The van der Waals surface area contributed by atoms with Gasteiger partial charge in [-0.2, -0.15) is 0 Å². The lowest BCUT2D eigenvalue weighted by atomic mass is 10.0. The maximum absolute atomic E-state index is 6.78. The molecule has 0 spiro atoms. The molecule has 1 unspecified atom stereocenters. The highest BCUT2D eigenvalue weighted by atomic mass is 28.4. The summed E-state index contributed by atoms with van der Waals surface area (Å²) in [4.78, 5) is 0. The molecule has 1 saturated heterocycles. The van der Waals surface area contributed by atoms with Crippen molar-refractivity contribution in [2.45, 2.75) is 135 Å². The maximum Gasteiger partial charge on any atom is 0.190 e. The first-order chi connectivity index (χ1) is 11.2. The van der Waals surface area contributed by atoms with Crippen LogP contribution in [0.2, 0.25) is 18.6 Å². The molecule has 2 heteroatoms. The summed E-state index contributed by atoms with van der Waals surface area (Å²) in [5.41, 5.74) is 0. The monoisotopic (exact) mass is 340 g/mol. The highest BCUT2D eigenvalue weighted by molar-refractivity contribution is 6.72. The van der Waals surface area contributed by atoms with Crippen LogP contribution in [0, 0.1) is 0 Å². The van der Waals surface area contributed by atoms with E-state index in [0.717, 1.165) is 0 Å². The van der Waals surface area contributed by atoms with Crippen LogP contribution in [-0.2, 0) is 4.43 Å². The van der Waals surface area contributed by atoms with Crippen molar-refractivity contribution in [1.82, 2.24) is 0 Å². The van der Waals surface area contributed by atoms with Gasteiger partial charge in [-0.25, -0.2) is 0 Å². The molecule has 0 aromatic carbocycles. The van der Waals surface area contributed by atoms with Gasteiger partial charge in [0.05, 0.1) is 0 Å². The van der Waals surface area contributed by atoms with E-state index < -0.39 is 8.32 Å². The van der Waals surface area contributed by atoms with E-state index in [4.69, 9.17) is 4.43 Å². The van der Waals surface area contributed by atoms with Crippen molar-refractivity contribution in [1.29, 1.82) is 0 Å². The van der Waals surface area contributed by atoms with Gasteiger partial charge in [-0.05, 0) is 31.5 Å². The molecular formula is C21H44OSi. The molecule has 1 aliphatic rings. The van der Waals surface area contributed by atoms with Crippen molar-refractivity contribution in [3.05, 3.63) is 0 Å². The summed E-state index contributed by atoms with van der Waals surface area (Å²) in [7, 11) is -1.34. The van der Waals surface area contributed by atoms with Gasteiger partial charge < -0.3 is 4.43 Å². The Balaban J connectivity index is 2.17. The second kappa shape index (κ2) is 13.5. The fraction of sp³-hybridized carbons (Fsp3) is 1.00. The van der Waals surface area contributed by atoms with Gasteiger partial charge >= 0.3 is 0 Å². The summed E-state index contributed by atoms with van der Waals surface area (Å²) in [6, 6.07) is 2.85. The lowest BCUT2D eigenvalue weighted by Crippen LogP contribution is -2.40. The van der Waals surface area contributed by atoms with Crippen LogP contribution < -0.4 is 0 Å². The molecule has 0 bridgehead atoms. The molecule has 138 valence electrons. The maximum atomic E-state index is 6.78. The Morgan fingerprint density at radius 3 is 1.83 bits per heavy atom. The number of hydrogen-bond acceptors (Lipinski definition) is 1. The van der Waals surface area contributed by atoms with E-state index in [9.17, 15) is 0 Å². The first kappa shape index (κ1) is 21.2. The third kappa shape index (κ3) is 10.6. The number of hydrogen-bond donors (Lipinski definition) is 0. The lowest BCUT2D eigenvalue weighted by molar-refractivity contribution is 0.158. The van der Waals surface area contributed by atoms with Crippen LogP contribution in [0.4, 0.5) is 0 Å². The quantitative estimate of drug-likeness (QED) is 0.231. The Hall–Kier alpha value is 0.177. The average molecular weight is 341 g/mol. The van der Waals surface area contributed by atoms with Crippen molar-refractivity contribution < 1.29 is 4.43 Å². The Bertz CT molecular complexity index is 261. The molecule has 0 saturated carbocycles. The predicted octanol–water partition coefficient (Wildman–Crippen LogP) is 7.85. The third-order valence-electron chi connectivity index (χ3n) is 5.62. The van der Waals surface area contributed by atoms with Crippen LogP contribution in [0.25, 0.3) is 0 Å². The summed E-state index contributed by atoms with van der Waals surface area (Å²) in [6.45, 7) is 7.12. The molecule has 0 aliphatic carbocycles. The number of rotatable bonds is 14. The van der Waals surface area contributed by atoms with Gasteiger partial charge in [0, 0.05) is 6.10 Å². The first-order valence-electron chi connectivity index (χ1n) is 10.9. The zero-order valence-electron chi connectivity index (χ0n) is 16.5. The summed E-state index contributed by atoms with van der Waals surface area (Å²) < 4.78 is 6.78.